The zero-order chi connectivity index (χ0) is 21.3. The Balaban J connectivity index is 1.45. The number of carbonyl (C=O) groups is 1. The summed E-state index contributed by atoms with van der Waals surface area (Å²) < 4.78 is 1.71. The molecule has 0 unspecified atom stereocenters. The molecule has 152 valence electrons. The Morgan fingerprint density at radius 2 is 1.87 bits per heavy atom. The van der Waals surface area contributed by atoms with Crippen LogP contribution in [0.2, 0.25) is 0 Å². The monoisotopic (exact) mass is 418 g/mol. The van der Waals surface area contributed by atoms with Crippen LogP contribution in [0.5, 0.6) is 0 Å². The zero-order valence-corrected chi connectivity index (χ0v) is 18.1. The second kappa shape index (κ2) is 8.16. The van der Waals surface area contributed by atoms with E-state index in [0.29, 0.717) is 12.4 Å². The number of nitrogens with zero attached hydrogens (tertiary/aromatic N) is 5. The van der Waals surface area contributed by atoms with Gasteiger partial charge in [-0.05, 0) is 51.5 Å². The van der Waals surface area contributed by atoms with Crippen molar-refractivity contribution in [3.05, 3.63) is 75.7 Å². The van der Waals surface area contributed by atoms with E-state index in [2.05, 4.69) is 44.7 Å². The number of aromatic nitrogens is 5. The third-order valence-corrected chi connectivity index (χ3v) is 5.98. The number of thiazole rings is 1. The van der Waals surface area contributed by atoms with E-state index in [9.17, 15) is 4.79 Å². The molecule has 0 atom stereocenters. The summed E-state index contributed by atoms with van der Waals surface area (Å²) in [6.45, 7) is 8.30. The van der Waals surface area contributed by atoms with Gasteiger partial charge in [0.25, 0.3) is 5.91 Å². The Hall–Kier alpha value is -3.39. The SMILES string of the molecule is Cc1cc(C)n(-c2ccc(C(=O)NCc3sc(-c4ccccc4C)nc3C)nn2)n1. The molecule has 0 saturated carbocycles. The van der Waals surface area contributed by atoms with Gasteiger partial charge in [-0.1, -0.05) is 24.3 Å². The summed E-state index contributed by atoms with van der Waals surface area (Å²) in [4.78, 5) is 18.2. The van der Waals surface area contributed by atoms with Crippen LogP contribution in [0.3, 0.4) is 0 Å². The second-order valence-corrected chi connectivity index (χ2v) is 8.22. The first-order valence-corrected chi connectivity index (χ1v) is 10.4. The lowest BCUT2D eigenvalue weighted by molar-refractivity contribution is 0.0945. The number of amides is 1. The quantitative estimate of drug-likeness (QED) is 0.530. The third kappa shape index (κ3) is 3.99. The van der Waals surface area contributed by atoms with Gasteiger partial charge < -0.3 is 5.32 Å². The number of aryl methyl sites for hydroxylation is 4. The van der Waals surface area contributed by atoms with Gasteiger partial charge in [0.05, 0.1) is 17.9 Å². The van der Waals surface area contributed by atoms with Crippen LogP contribution in [-0.4, -0.2) is 30.9 Å². The Morgan fingerprint density at radius 3 is 2.53 bits per heavy atom. The Kier molecular flexibility index (Phi) is 5.41. The second-order valence-electron chi connectivity index (χ2n) is 7.14. The molecule has 3 aromatic heterocycles. The van der Waals surface area contributed by atoms with Crippen molar-refractivity contribution in [3.8, 4) is 16.4 Å². The summed E-state index contributed by atoms with van der Waals surface area (Å²) >= 11 is 1.59. The maximum atomic E-state index is 12.5. The van der Waals surface area contributed by atoms with Gasteiger partial charge >= 0.3 is 0 Å². The van der Waals surface area contributed by atoms with Crippen LogP contribution in [0.15, 0.2) is 42.5 Å². The normalized spacial score (nSPS) is 10.9. The summed E-state index contributed by atoms with van der Waals surface area (Å²) in [6.07, 6.45) is 0. The molecule has 1 N–H and O–H groups in total. The molecule has 7 nitrogen and oxygen atoms in total. The third-order valence-electron chi connectivity index (χ3n) is 4.79. The van der Waals surface area contributed by atoms with Crippen LogP contribution in [0.25, 0.3) is 16.4 Å². The molecule has 0 aliphatic carbocycles. The zero-order valence-electron chi connectivity index (χ0n) is 17.3. The highest BCUT2D eigenvalue weighted by molar-refractivity contribution is 7.15. The minimum Gasteiger partial charge on any atom is -0.346 e. The summed E-state index contributed by atoms with van der Waals surface area (Å²) in [5, 5.41) is 16.5. The van der Waals surface area contributed by atoms with E-state index in [4.69, 9.17) is 0 Å². The molecule has 0 fully saturated rings. The molecule has 1 aromatic carbocycles. The average Bonchev–Trinajstić information content (AvgIpc) is 3.27. The molecule has 0 saturated heterocycles. The molecular formula is C22H22N6OS. The lowest BCUT2D eigenvalue weighted by Gasteiger charge is -2.05. The van der Waals surface area contributed by atoms with E-state index in [0.717, 1.165) is 32.5 Å². The van der Waals surface area contributed by atoms with Crippen LogP contribution in [0.4, 0.5) is 0 Å². The molecule has 1 amide bonds. The lowest BCUT2D eigenvalue weighted by Crippen LogP contribution is -2.24. The van der Waals surface area contributed by atoms with Gasteiger partial charge in [-0.15, -0.1) is 21.5 Å². The molecule has 0 radical (unpaired) electrons. The first kappa shape index (κ1) is 19.9. The van der Waals surface area contributed by atoms with E-state index < -0.39 is 0 Å². The van der Waals surface area contributed by atoms with Crippen LogP contribution in [0.1, 0.15) is 38.0 Å². The lowest BCUT2D eigenvalue weighted by atomic mass is 10.1. The van der Waals surface area contributed by atoms with Crippen molar-refractivity contribution in [1.29, 1.82) is 0 Å². The fourth-order valence-electron chi connectivity index (χ4n) is 3.19. The van der Waals surface area contributed by atoms with Crippen molar-refractivity contribution in [3.63, 3.8) is 0 Å². The smallest absolute Gasteiger partial charge is 0.272 e. The van der Waals surface area contributed by atoms with E-state index in [-0.39, 0.29) is 11.6 Å². The van der Waals surface area contributed by atoms with Crippen molar-refractivity contribution >= 4 is 17.2 Å². The molecule has 4 aromatic rings. The Bertz CT molecular complexity index is 1210. The largest absolute Gasteiger partial charge is 0.346 e. The molecule has 8 heteroatoms. The molecule has 3 heterocycles. The number of carbonyl (C=O) groups excluding carboxylic acids is 1. The van der Waals surface area contributed by atoms with Gasteiger partial charge in [-0.25, -0.2) is 9.67 Å². The molecule has 0 spiro atoms. The summed E-state index contributed by atoms with van der Waals surface area (Å²) in [5.74, 6) is 0.311. The van der Waals surface area contributed by atoms with Crippen molar-refractivity contribution in [2.45, 2.75) is 34.2 Å². The molecular weight excluding hydrogens is 396 g/mol. The highest BCUT2D eigenvalue weighted by Gasteiger charge is 2.14. The predicted molar refractivity (Wildman–Crippen MR) is 117 cm³/mol. The standard InChI is InChI=1S/C22H22N6OS/c1-13-7-5-6-8-17(13)22-24-16(4)19(30-22)12-23-21(29)18-9-10-20(26-25-18)28-15(3)11-14(2)27-28/h5-11H,12H2,1-4H3,(H,23,29). The molecule has 4 rings (SSSR count). The van der Waals surface area contributed by atoms with Gasteiger partial charge in [0, 0.05) is 16.1 Å². The minimum atomic E-state index is -0.271. The molecule has 0 bridgehead atoms. The van der Waals surface area contributed by atoms with Gasteiger partial charge in [-0.3, -0.25) is 4.79 Å². The van der Waals surface area contributed by atoms with Gasteiger partial charge in [0.1, 0.15) is 5.01 Å². The molecule has 0 aliphatic rings. The maximum absolute atomic E-state index is 12.5. The van der Waals surface area contributed by atoms with Gasteiger partial charge in [0.15, 0.2) is 11.5 Å². The molecule has 30 heavy (non-hydrogen) atoms. The number of nitrogens with one attached hydrogen (secondary N) is 1. The Morgan fingerprint density at radius 1 is 1.07 bits per heavy atom. The van der Waals surface area contributed by atoms with Crippen molar-refractivity contribution in [2.24, 2.45) is 0 Å². The number of hydrogen-bond acceptors (Lipinski definition) is 6. The van der Waals surface area contributed by atoms with Crippen LogP contribution in [-0.2, 0) is 6.54 Å². The number of benzene rings is 1. The summed E-state index contributed by atoms with van der Waals surface area (Å²) in [7, 11) is 0. The highest BCUT2D eigenvalue weighted by atomic mass is 32.1. The van der Waals surface area contributed by atoms with E-state index >= 15 is 0 Å². The topological polar surface area (TPSA) is 85.6 Å². The van der Waals surface area contributed by atoms with Crippen molar-refractivity contribution in [2.75, 3.05) is 0 Å². The van der Waals surface area contributed by atoms with Crippen LogP contribution in [0, 0.1) is 27.7 Å². The van der Waals surface area contributed by atoms with Crippen LogP contribution >= 0.6 is 11.3 Å². The molecule has 0 aliphatic heterocycles. The Labute approximate surface area is 178 Å². The number of hydrogen-bond donors (Lipinski definition) is 1. The van der Waals surface area contributed by atoms with E-state index in [1.807, 2.05) is 39.0 Å². The first-order valence-electron chi connectivity index (χ1n) is 9.60. The fraction of sp³-hybridized carbons (Fsp3) is 0.227. The van der Waals surface area contributed by atoms with E-state index in [1.54, 1.807) is 28.2 Å². The fourth-order valence-corrected chi connectivity index (χ4v) is 4.28. The summed E-state index contributed by atoms with van der Waals surface area (Å²) in [6, 6.07) is 13.5. The maximum Gasteiger partial charge on any atom is 0.272 e. The van der Waals surface area contributed by atoms with Gasteiger partial charge in [0.2, 0.25) is 0 Å². The van der Waals surface area contributed by atoms with Gasteiger partial charge in [-0.2, -0.15) is 5.10 Å². The first-order chi connectivity index (χ1) is 14.4. The minimum absolute atomic E-state index is 0.265. The van der Waals surface area contributed by atoms with E-state index in [1.165, 1.54) is 5.56 Å². The van der Waals surface area contributed by atoms with Crippen LogP contribution < -0.4 is 5.32 Å². The number of rotatable bonds is 5. The summed E-state index contributed by atoms with van der Waals surface area (Å²) in [5.41, 5.74) is 5.35. The predicted octanol–water partition coefficient (Wildman–Crippen LogP) is 3.95. The van der Waals surface area contributed by atoms with Crippen molar-refractivity contribution < 1.29 is 4.79 Å². The van der Waals surface area contributed by atoms with Crippen molar-refractivity contribution in [1.82, 2.24) is 30.3 Å². The average molecular weight is 419 g/mol. The highest BCUT2D eigenvalue weighted by Crippen LogP contribution is 2.30.